The fourth-order valence-electron chi connectivity index (χ4n) is 2.43. The van der Waals surface area contributed by atoms with E-state index in [0.29, 0.717) is 18.5 Å². The third-order valence-corrected chi connectivity index (χ3v) is 3.16. The van der Waals surface area contributed by atoms with Gasteiger partial charge in [-0.15, -0.1) is 0 Å². The normalized spacial score (nSPS) is 14.0. The van der Waals surface area contributed by atoms with Gasteiger partial charge in [-0.2, -0.15) is 13.2 Å². The van der Waals surface area contributed by atoms with E-state index in [2.05, 4.69) is 0 Å². The maximum atomic E-state index is 13.0. The summed E-state index contributed by atoms with van der Waals surface area (Å²) in [5.74, 6) is 0. The van der Waals surface area contributed by atoms with Crippen LogP contribution in [0, 0.1) is 0 Å². The molecule has 0 aliphatic rings. The highest BCUT2D eigenvalue weighted by Gasteiger charge is 2.33. The van der Waals surface area contributed by atoms with Crippen molar-refractivity contribution in [3.8, 4) is 0 Å². The average molecular weight is 271 g/mol. The van der Waals surface area contributed by atoms with Crippen molar-refractivity contribution >= 4 is 10.9 Å². The minimum atomic E-state index is -4.36. The number of aliphatic hydroxyl groups is 1. The number of alkyl halides is 3. The number of aryl methyl sites for hydroxylation is 1. The van der Waals surface area contributed by atoms with Crippen molar-refractivity contribution < 1.29 is 18.3 Å². The zero-order chi connectivity index (χ0) is 14.2. The van der Waals surface area contributed by atoms with E-state index in [-0.39, 0.29) is 5.39 Å². The van der Waals surface area contributed by atoms with Crippen LogP contribution in [-0.4, -0.2) is 15.8 Å². The van der Waals surface area contributed by atoms with Crippen LogP contribution in [-0.2, 0) is 19.1 Å². The van der Waals surface area contributed by atoms with Crippen molar-refractivity contribution in [3.63, 3.8) is 0 Å². The lowest BCUT2D eigenvalue weighted by atomic mass is 10.1. The highest BCUT2D eigenvalue weighted by atomic mass is 19.4. The zero-order valence-electron chi connectivity index (χ0n) is 10.8. The largest absolute Gasteiger partial charge is 0.417 e. The molecule has 1 aromatic heterocycles. The quantitative estimate of drug-likeness (QED) is 0.906. The molecule has 0 aliphatic carbocycles. The van der Waals surface area contributed by atoms with E-state index < -0.39 is 17.8 Å². The molecule has 5 heteroatoms. The maximum absolute atomic E-state index is 13.0. The second-order valence-electron chi connectivity index (χ2n) is 4.67. The molecular formula is C14H16F3NO. The first kappa shape index (κ1) is 13.9. The van der Waals surface area contributed by atoms with Gasteiger partial charge in [0.2, 0.25) is 0 Å². The minimum Gasteiger partial charge on any atom is -0.393 e. The van der Waals surface area contributed by atoms with Crippen LogP contribution in [0.15, 0.2) is 24.3 Å². The van der Waals surface area contributed by atoms with Gasteiger partial charge < -0.3 is 9.67 Å². The Balaban J connectivity index is 2.68. The predicted octanol–water partition coefficient (Wildman–Crippen LogP) is 3.60. The molecule has 0 spiro atoms. The Bertz CT molecular complexity index is 584. The van der Waals surface area contributed by atoms with Crippen LogP contribution in [0.2, 0.25) is 0 Å². The standard InChI is InChI=1S/C14H16F3NO/c1-3-18-10(7-9(2)19)8-11-12(14(15,16)17)5-4-6-13(11)18/h4-6,8-9,19H,3,7H2,1-2H3. The lowest BCUT2D eigenvalue weighted by molar-refractivity contribution is -0.136. The molecule has 0 amide bonds. The van der Waals surface area contributed by atoms with Crippen LogP contribution in [0.4, 0.5) is 13.2 Å². The Labute approximate surface area is 109 Å². The molecule has 0 radical (unpaired) electrons. The van der Waals surface area contributed by atoms with Crippen molar-refractivity contribution in [2.75, 3.05) is 0 Å². The SMILES string of the molecule is CCn1c(CC(C)O)cc2c(C(F)(F)F)cccc21. The molecule has 2 aromatic rings. The van der Waals surface area contributed by atoms with E-state index in [9.17, 15) is 18.3 Å². The van der Waals surface area contributed by atoms with Gasteiger partial charge in [-0.1, -0.05) is 6.07 Å². The number of hydrogen-bond donors (Lipinski definition) is 1. The smallest absolute Gasteiger partial charge is 0.393 e. The number of hydrogen-bond acceptors (Lipinski definition) is 1. The molecule has 1 heterocycles. The minimum absolute atomic E-state index is 0.201. The van der Waals surface area contributed by atoms with E-state index in [4.69, 9.17) is 0 Å². The third-order valence-electron chi connectivity index (χ3n) is 3.16. The summed E-state index contributed by atoms with van der Waals surface area (Å²) in [5.41, 5.74) is 0.668. The third kappa shape index (κ3) is 2.61. The molecule has 0 aliphatic heterocycles. The van der Waals surface area contributed by atoms with Gasteiger partial charge in [-0.3, -0.25) is 0 Å². The number of nitrogens with zero attached hydrogens (tertiary/aromatic N) is 1. The highest BCUT2D eigenvalue weighted by molar-refractivity contribution is 5.85. The van der Waals surface area contributed by atoms with E-state index in [1.807, 2.05) is 11.5 Å². The average Bonchev–Trinajstić information content (AvgIpc) is 2.63. The Kier molecular flexibility index (Phi) is 3.58. The molecule has 0 bridgehead atoms. The Morgan fingerprint density at radius 3 is 2.53 bits per heavy atom. The van der Waals surface area contributed by atoms with Gasteiger partial charge in [0.15, 0.2) is 0 Å². The van der Waals surface area contributed by atoms with Crippen molar-refractivity contribution in [2.24, 2.45) is 0 Å². The number of fused-ring (bicyclic) bond motifs is 1. The van der Waals surface area contributed by atoms with E-state index >= 15 is 0 Å². The molecule has 1 atom stereocenters. The summed E-state index contributed by atoms with van der Waals surface area (Å²) >= 11 is 0. The number of aliphatic hydroxyl groups excluding tert-OH is 1. The number of aromatic nitrogens is 1. The van der Waals surface area contributed by atoms with E-state index in [1.165, 1.54) is 12.1 Å². The maximum Gasteiger partial charge on any atom is 0.417 e. The summed E-state index contributed by atoms with van der Waals surface area (Å²) in [6, 6.07) is 5.73. The zero-order valence-corrected chi connectivity index (χ0v) is 10.8. The van der Waals surface area contributed by atoms with Crippen LogP contribution >= 0.6 is 0 Å². The molecule has 0 fully saturated rings. The van der Waals surface area contributed by atoms with Crippen LogP contribution in [0.5, 0.6) is 0 Å². The Morgan fingerprint density at radius 2 is 2.00 bits per heavy atom. The van der Waals surface area contributed by atoms with Gasteiger partial charge in [0.25, 0.3) is 0 Å². The molecule has 104 valence electrons. The molecular weight excluding hydrogens is 255 g/mol. The summed E-state index contributed by atoms with van der Waals surface area (Å²) in [6.45, 7) is 4.08. The predicted molar refractivity (Wildman–Crippen MR) is 68.0 cm³/mol. The summed E-state index contributed by atoms with van der Waals surface area (Å²) in [7, 11) is 0. The number of halogens is 3. The fourth-order valence-corrected chi connectivity index (χ4v) is 2.43. The van der Waals surface area contributed by atoms with Crippen molar-refractivity contribution in [3.05, 3.63) is 35.5 Å². The van der Waals surface area contributed by atoms with Crippen molar-refractivity contribution in [2.45, 2.75) is 39.1 Å². The molecule has 0 saturated carbocycles. The monoisotopic (exact) mass is 271 g/mol. The Hall–Kier alpha value is -1.49. The van der Waals surface area contributed by atoms with Crippen LogP contribution in [0.1, 0.15) is 25.1 Å². The molecule has 1 N–H and O–H groups in total. The number of rotatable bonds is 3. The van der Waals surface area contributed by atoms with Gasteiger partial charge >= 0.3 is 6.18 Å². The van der Waals surface area contributed by atoms with E-state index in [0.717, 1.165) is 11.8 Å². The number of benzene rings is 1. The lowest BCUT2D eigenvalue weighted by Gasteiger charge is -2.10. The summed E-state index contributed by atoms with van der Waals surface area (Å²) in [6.07, 6.45) is -4.59. The van der Waals surface area contributed by atoms with E-state index in [1.54, 1.807) is 13.0 Å². The van der Waals surface area contributed by atoms with Gasteiger partial charge in [0.05, 0.1) is 11.7 Å². The first-order chi connectivity index (χ1) is 8.84. The van der Waals surface area contributed by atoms with Gasteiger partial charge in [0.1, 0.15) is 0 Å². The van der Waals surface area contributed by atoms with Crippen LogP contribution in [0.3, 0.4) is 0 Å². The Morgan fingerprint density at radius 1 is 1.32 bits per heavy atom. The first-order valence-corrected chi connectivity index (χ1v) is 6.21. The molecule has 1 unspecified atom stereocenters. The second-order valence-corrected chi connectivity index (χ2v) is 4.67. The van der Waals surface area contributed by atoms with Gasteiger partial charge in [-0.25, -0.2) is 0 Å². The van der Waals surface area contributed by atoms with Gasteiger partial charge in [0, 0.05) is 29.6 Å². The molecule has 19 heavy (non-hydrogen) atoms. The van der Waals surface area contributed by atoms with Crippen molar-refractivity contribution in [1.29, 1.82) is 0 Å². The lowest BCUT2D eigenvalue weighted by Crippen LogP contribution is -2.09. The molecule has 0 saturated heterocycles. The second kappa shape index (κ2) is 4.89. The molecule has 2 rings (SSSR count). The van der Waals surface area contributed by atoms with Gasteiger partial charge in [-0.05, 0) is 32.0 Å². The van der Waals surface area contributed by atoms with Crippen molar-refractivity contribution in [1.82, 2.24) is 4.57 Å². The molecule has 2 nitrogen and oxygen atoms in total. The summed E-state index contributed by atoms with van der Waals surface area (Å²) in [4.78, 5) is 0. The van der Waals surface area contributed by atoms with Crippen LogP contribution < -0.4 is 0 Å². The molecule has 1 aromatic carbocycles. The fraction of sp³-hybridized carbons (Fsp3) is 0.429. The summed E-state index contributed by atoms with van der Waals surface area (Å²) < 4.78 is 40.7. The summed E-state index contributed by atoms with van der Waals surface area (Å²) in [5, 5.41) is 9.65. The topological polar surface area (TPSA) is 25.2 Å². The van der Waals surface area contributed by atoms with Crippen LogP contribution in [0.25, 0.3) is 10.9 Å². The first-order valence-electron chi connectivity index (χ1n) is 6.21. The highest BCUT2D eigenvalue weighted by Crippen LogP contribution is 2.36.